The molecule has 0 aromatic carbocycles. The van der Waals surface area contributed by atoms with E-state index in [0.717, 1.165) is 13.1 Å². The Balaban J connectivity index is 1.91. The van der Waals surface area contributed by atoms with E-state index in [9.17, 15) is 4.79 Å². The summed E-state index contributed by atoms with van der Waals surface area (Å²) in [6, 6.07) is 7.86. The lowest BCUT2D eigenvalue weighted by Crippen LogP contribution is -2.32. The number of rotatable bonds is 6. The number of hydrogen-bond donors (Lipinski definition) is 1. The van der Waals surface area contributed by atoms with Crippen LogP contribution in [-0.2, 0) is 11.3 Å². The molecule has 0 aliphatic heterocycles. The molecule has 104 valence electrons. The van der Waals surface area contributed by atoms with Gasteiger partial charge in [-0.05, 0) is 29.4 Å². The number of likely N-dealkylation sites (N-methyl/N-ethyl adjacent to an activating group) is 1. The Kier molecular flexibility index (Phi) is 5.30. The molecule has 0 saturated heterocycles. The minimum atomic E-state index is -0.0812. The van der Waals surface area contributed by atoms with Gasteiger partial charge in [0, 0.05) is 11.4 Å². The van der Waals surface area contributed by atoms with Crippen LogP contribution in [0.15, 0.2) is 29.0 Å². The fourth-order valence-electron chi connectivity index (χ4n) is 1.77. The highest BCUT2D eigenvalue weighted by molar-refractivity contribution is 7.14. The molecule has 2 aromatic rings. The van der Waals surface area contributed by atoms with Crippen molar-refractivity contribution in [2.24, 2.45) is 0 Å². The van der Waals surface area contributed by atoms with Crippen LogP contribution >= 0.6 is 22.7 Å². The largest absolute Gasteiger partial charge is 0.315 e. The van der Waals surface area contributed by atoms with Gasteiger partial charge in [-0.1, -0.05) is 13.0 Å². The molecule has 0 aliphatic carbocycles. The molecule has 0 aliphatic rings. The highest BCUT2D eigenvalue weighted by Gasteiger charge is 2.12. The van der Waals surface area contributed by atoms with Crippen LogP contribution in [-0.4, -0.2) is 23.9 Å². The minimum Gasteiger partial charge on any atom is -0.315 e. The van der Waals surface area contributed by atoms with Crippen molar-refractivity contribution in [3.63, 3.8) is 0 Å². The molecule has 6 heteroatoms. The summed E-state index contributed by atoms with van der Waals surface area (Å²) in [6.45, 7) is 3.95. The van der Waals surface area contributed by atoms with Crippen molar-refractivity contribution in [1.82, 2.24) is 4.90 Å². The second-order valence-electron chi connectivity index (χ2n) is 4.21. The molecule has 0 fully saturated rings. The fourth-order valence-corrected chi connectivity index (χ4v) is 3.27. The van der Waals surface area contributed by atoms with Gasteiger partial charge >= 0.3 is 0 Å². The molecule has 0 spiro atoms. The summed E-state index contributed by atoms with van der Waals surface area (Å²) >= 11 is 3.06. The van der Waals surface area contributed by atoms with Crippen LogP contribution in [0.25, 0.3) is 0 Å². The normalized spacial score (nSPS) is 10.4. The topological polar surface area (TPSA) is 56.1 Å². The van der Waals surface area contributed by atoms with E-state index < -0.39 is 0 Å². The highest BCUT2D eigenvalue weighted by atomic mass is 32.1. The van der Waals surface area contributed by atoms with Gasteiger partial charge in [0.2, 0.25) is 5.91 Å². The lowest BCUT2D eigenvalue weighted by molar-refractivity contribution is -0.117. The maximum atomic E-state index is 12.0. The lowest BCUT2D eigenvalue weighted by Gasteiger charge is -2.18. The van der Waals surface area contributed by atoms with E-state index in [2.05, 4.69) is 22.4 Å². The van der Waals surface area contributed by atoms with Crippen molar-refractivity contribution in [3.05, 3.63) is 39.4 Å². The summed E-state index contributed by atoms with van der Waals surface area (Å²) in [6.07, 6.45) is 0. The van der Waals surface area contributed by atoms with Crippen LogP contribution in [0.2, 0.25) is 0 Å². The van der Waals surface area contributed by atoms with E-state index in [1.54, 1.807) is 22.8 Å². The van der Waals surface area contributed by atoms with Crippen LogP contribution in [0, 0.1) is 11.3 Å². The zero-order valence-corrected chi connectivity index (χ0v) is 12.8. The molecule has 2 rings (SSSR count). The molecule has 0 unspecified atom stereocenters. The Bertz CT molecular complexity index is 598. The van der Waals surface area contributed by atoms with Crippen LogP contribution in [0.5, 0.6) is 0 Å². The zero-order valence-electron chi connectivity index (χ0n) is 11.1. The van der Waals surface area contributed by atoms with E-state index in [1.807, 2.05) is 18.4 Å². The van der Waals surface area contributed by atoms with Gasteiger partial charge in [-0.2, -0.15) is 5.26 Å². The first-order valence-electron chi connectivity index (χ1n) is 6.25. The predicted molar refractivity (Wildman–Crippen MR) is 82.9 cm³/mol. The fraction of sp³-hybridized carbons (Fsp3) is 0.286. The molecule has 2 aromatic heterocycles. The van der Waals surface area contributed by atoms with Gasteiger partial charge in [0.15, 0.2) is 0 Å². The van der Waals surface area contributed by atoms with Gasteiger partial charge in [0.05, 0.1) is 12.1 Å². The first kappa shape index (κ1) is 14.7. The average molecular weight is 305 g/mol. The summed E-state index contributed by atoms with van der Waals surface area (Å²) in [5.74, 6) is -0.0812. The molecule has 4 nitrogen and oxygen atoms in total. The third-order valence-electron chi connectivity index (χ3n) is 2.81. The number of hydrogen-bond acceptors (Lipinski definition) is 5. The molecular formula is C14H15N3OS2. The smallest absolute Gasteiger partial charge is 0.239 e. The summed E-state index contributed by atoms with van der Waals surface area (Å²) in [5, 5.41) is 16.2. The van der Waals surface area contributed by atoms with Crippen LogP contribution in [0.3, 0.4) is 0 Å². The minimum absolute atomic E-state index is 0.0812. The lowest BCUT2D eigenvalue weighted by atomic mass is 10.3. The third kappa shape index (κ3) is 3.90. The molecule has 20 heavy (non-hydrogen) atoms. The van der Waals surface area contributed by atoms with E-state index in [0.29, 0.717) is 17.1 Å². The molecule has 0 atom stereocenters. The standard InChI is InChI=1S/C14H15N3OS2/c1-2-17(9-12-4-3-6-19-12)10-13(18)16-14-11(8-15)5-7-20-14/h3-7H,2,9-10H2,1H3,(H,16,18). The van der Waals surface area contributed by atoms with Crippen molar-refractivity contribution in [1.29, 1.82) is 5.26 Å². The van der Waals surface area contributed by atoms with Crippen LogP contribution in [0.1, 0.15) is 17.4 Å². The Hall–Kier alpha value is -1.68. The third-order valence-corrected chi connectivity index (χ3v) is 4.50. The molecule has 0 saturated carbocycles. The summed E-state index contributed by atoms with van der Waals surface area (Å²) < 4.78 is 0. The SMILES string of the molecule is CCN(CC(=O)Nc1sccc1C#N)Cc1cccs1. The molecule has 1 amide bonds. The quantitative estimate of drug-likeness (QED) is 0.892. The summed E-state index contributed by atoms with van der Waals surface area (Å²) in [7, 11) is 0. The van der Waals surface area contributed by atoms with Crippen LogP contribution in [0.4, 0.5) is 5.00 Å². The van der Waals surface area contributed by atoms with Gasteiger partial charge in [0.25, 0.3) is 0 Å². The van der Waals surface area contributed by atoms with Gasteiger partial charge in [-0.15, -0.1) is 22.7 Å². The number of carbonyl (C=O) groups is 1. The maximum Gasteiger partial charge on any atom is 0.239 e. The van der Waals surface area contributed by atoms with Gasteiger partial charge < -0.3 is 5.32 Å². The number of thiophene rings is 2. The van der Waals surface area contributed by atoms with E-state index in [1.165, 1.54) is 16.2 Å². The predicted octanol–water partition coefficient (Wildman–Crippen LogP) is 3.14. The first-order chi connectivity index (χ1) is 9.72. The molecule has 0 bridgehead atoms. The maximum absolute atomic E-state index is 12.0. The Morgan fingerprint density at radius 3 is 2.90 bits per heavy atom. The summed E-state index contributed by atoms with van der Waals surface area (Å²) in [4.78, 5) is 15.3. The van der Waals surface area contributed by atoms with Crippen molar-refractivity contribution in [2.75, 3.05) is 18.4 Å². The Morgan fingerprint density at radius 2 is 2.25 bits per heavy atom. The van der Waals surface area contributed by atoms with Gasteiger partial charge in [0.1, 0.15) is 11.1 Å². The first-order valence-corrected chi connectivity index (χ1v) is 8.01. The van der Waals surface area contributed by atoms with Gasteiger partial charge in [-0.25, -0.2) is 0 Å². The van der Waals surface area contributed by atoms with Crippen molar-refractivity contribution in [2.45, 2.75) is 13.5 Å². The van der Waals surface area contributed by atoms with E-state index in [-0.39, 0.29) is 5.91 Å². The average Bonchev–Trinajstić information content (AvgIpc) is 3.09. The number of anilines is 1. The van der Waals surface area contributed by atoms with Gasteiger partial charge in [-0.3, -0.25) is 9.69 Å². The second-order valence-corrected chi connectivity index (χ2v) is 6.15. The number of nitriles is 1. The second kappa shape index (κ2) is 7.20. The highest BCUT2D eigenvalue weighted by Crippen LogP contribution is 2.22. The Labute approximate surface area is 126 Å². The number of nitrogens with one attached hydrogen (secondary N) is 1. The zero-order chi connectivity index (χ0) is 14.4. The molecule has 2 heterocycles. The van der Waals surface area contributed by atoms with Crippen molar-refractivity contribution >= 4 is 33.6 Å². The van der Waals surface area contributed by atoms with Crippen molar-refractivity contribution in [3.8, 4) is 6.07 Å². The Morgan fingerprint density at radius 1 is 1.40 bits per heavy atom. The van der Waals surface area contributed by atoms with E-state index in [4.69, 9.17) is 5.26 Å². The van der Waals surface area contributed by atoms with Crippen molar-refractivity contribution < 1.29 is 4.79 Å². The van der Waals surface area contributed by atoms with Crippen LogP contribution < -0.4 is 5.32 Å². The summed E-state index contributed by atoms with van der Waals surface area (Å²) in [5.41, 5.74) is 0.518. The number of carbonyl (C=O) groups excluding carboxylic acids is 1. The van der Waals surface area contributed by atoms with E-state index >= 15 is 0 Å². The molecular weight excluding hydrogens is 290 g/mol. The number of nitrogens with zero attached hydrogens (tertiary/aromatic N) is 2. The molecule has 0 radical (unpaired) electrons. The monoisotopic (exact) mass is 305 g/mol. The number of amides is 1. The molecule has 1 N–H and O–H groups in total.